The molecule has 0 bridgehead atoms. The minimum absolute atomic E-state index is 0.0906. The molecule has 2 aromatic carbocycles. The number of rotatable bonds is 7. The van der Waals surface area contributed by atoms with Gasteiger partial charge in [-0.25, -0.2) is 0 Å². The van der Waals surface area contributed by atoms with Crippen molar-refractivity contribution in [2.45, 2.75) is 31.5 Å². The molecule has 2 aliphatic rings. The summed E-state index contributed by atoms with van der Waals surface area (Å²) in [6.45, 7) is 4.67. The summed E-state index contributed by atoms with van der Waals surface area (Å²) in [5, 5.41) is 2.98. The molecule has 5 heteroatoms. The molecule has 0 radical (unpaired) electrons. The molecule has 1 aromatic heterocycles. The van der Waals surface area contributed by atoms with Crippen molar-refractivity contribution in [3.63, 3.8) is 0 Å². The van der Waals surface area contributed by atoms with Crippen LogP contribution < -0.4 is 5.32 Å². The lowest BCUT2D eigenvalue weighted by Crippen LogP contribution is -2.47. The monoisotopic (exact) mass is 415 g/mol. The lowest BCUT2D eigenvalue weighted by Gasteiger charge is -2.39. The Labute approximate surface area is 183 Å². The Morgan fingerprint density at radius 1 is 0.871 bits per heavy atom. The fraction of sp³-hybridized carbons (Fsp3) is 0.346. The minimum atomic E-state index is -0.0906. The topological polar surface area (TPSA) is 48.7 Å². The molecule has 2 fully saturated rings. The summed E-state index contributed by atoms with van der Waals surface area (Å²) in [5.41, 5.74) is 2.67. The Kier molecular flexibility index (Phi) is 5.87. The fourth-order valence-corrected chi connectivity index (χ4v) is 4.35. The Morgan fingerprint density at radius 2 is 1.48 bits per heavy atom. The summed E-state index contributed by atoms with van der Waals surface area (Å²) in [6.07, 6.45) is 2.16. The zero-order valence-corrected chi connectivity index (χ0v) is 17.7. The molecule has 1 saturated carbocycles. The molecular weight excluding hydrogens is 386 g/mol. The van der Waals surface area contributed by atoms with Gasteiger partial charge in [-0.3, -0.25) is 14.6 Å². The van der Waals surface area contributed by atoms with Crippen molar-refractivity contribution in [1.82, 2.24) is 15.1 Å². The number of hydrogen-bond donors (Lipinski definition) is 1. The molecule has 0 spiro atoms. The minimum Gasteiger partial charge on any atom is -0.455 e. The predicted octanol–water partition coefficient (Wildman–Crippen LogP) is 4.08. The maximum absolute atomic E-state index is 12.2. The van der Waals surface area contributed by atoms with Crippen LogP contribution in [-0.4, -0.2) is 47.9 Å². The van der Waals surface area contributed by atoms with Gasteiger partial charge in [-0.2, -0.15) is 0 Å². The van der Waals surface area contributed by atoms with Gasteiger partial charge in [-0.15, -0.1) is 0 Å². The van der Waals surface area contributed by atoms with Crippen LogP contribution in [-0.2, 0) is 6.54 Å². The number of nitrogens with one attached hydrogen (secondary N) is 1. The van der Waals surface area contributed by atoms with Gasteiger partial charge in [-0.05, 0) is 36.1 Å². The highest BCUT2D eigenvalue weighted by Gasteiger charge is 2.27. The zero-order chi connectivity index (χ0) is 21.0. The van der Waals surface area contributed by atoms with E-state index >= 15 is 0 Å². The molecule has 1 saturated heterocycles. The number of hydrogen-bond acceptors (Lipinski definition) is 4. The van der Waals surface area contributed by atoms with Crippen molar-refractivity contribution in [1.29, 1.82) is 0 Å². The molecule has 3 aromatic rings. The summed E-state index contributed by atoms with van der Waals surface area (Å²) >= 11 is 0. The van der Waals surface area contributed by atoms with Gasteiger partial charge in [0.1, 0.15) is 5.76 Å². The molecular formula is C26H29N3O2. The second-order valence-corrected chi connectivity index (χ2v) is 8.55. The van der Waals surface area contributed by atoms with E-state index in [4.69, 9.17) is 4.42 Å². The van der Waals surface area contributed by atoms with Crippen LogP contribution >= 0.6 is 0 Å². The third-order valence-corrected chi connectivity index (χ3v) is 6.18. The number of furan rings is 1. The van der Waals surface area contributed by atoms with E-state index in [1.54, 1.807) is 6.07 Å². The third-order valence-electron chi connectivity index (χ3n) is 6.18. The van der Waals surface area contributed by atoms with Gasteiger partial charge in [0.05, 0.1) is 12.6 Å². The lowest BCUT2D eigenvalue weighted by atomic mass is 9.96. The summed E-state index contributed by atoms with van der Waals surface area (Å²) < 4.78 is 5.82. The Morgan fingerprint density at radius 3 is 2.06 bits per heavy atom. The van der Waals surface area contributed by atoms with Gasteiger partial charge in [0, 0.05) is 32.2 Å². The summed E-state index contributed by atoms with van der Waals surface area (Å²) in [4.78, 5) is 17.1. The second kappa shape index (κ2) is 9.08. The van der Waals surface area contributed by atoms with E-state index in [-0.39, 0.29) is 11.9 Å². The SMILES string of the molecule is O=C(NC1CC1)c1ccc(CN2CCN(C(c3ccccc3)c3ccccc3)CC2)o1. The fourth-order valence-electron chi connectivity index (χ4n) is 4.35. The molecule has 0 unspecified atom stereocenters. The van der Waals surface area contributed by atoms with Crippen LogP contribution in [0.5, 0.6) is 0 Å². The van der Waals surface area contributed by atoms with E-state index in [0.29, 0.717) is 11.8 Å². The number of amides is 1. The normalized spacial score (nSPS) is 17.7. The highest BCUT2D eigenvalue weighted by atomic mass is 16.4. The van der Waals surface area contributed by atoms with Gasteiger partial charge in [0.15, 0.2) is 5.76 Å². The van der Waals surface area contributed by atoms with E-state index in [1.807, 2.05) is 6.07 Å². The number of piperazine rings is 1. The van der Waals surface area contributed by atoms with Gasteiger partial charge in [0.25, 0.3) is 5.91 Å². The average Bonchev–Trinajstić information content (AvgIpc) is 3.51. The smallest absolute Gasteiger partial charge is 0.287 e. The number of benzene rings is 2. The van der Waals surface area contributed by atoms with Crippen molar-refractivity contribution >= 4 is 5.91 Å². The molecule has 1 aliphatic heterocycles. The summed E-state index contributed by atoms with van der Waals surface area (Å²) in [6, 6.07) is 25.9. The summed E-state index contributed by atoms with van der Waals surface area (Å²) in [5.74, 6) is 1.19. The van der Waals surface area contributed by atoms with Gasteiger partial charge >= 0.3 is 0 Å². The first-order valence-electron chi connectivity index (χ1n) is 11.2. The van der Waals surface area contributed by atoms with Crippen molar-refractivity contribution in [3.8, 4) is 0 Å². The maximum atomic E-state index is 12.2. The molecule has 5 rings (SSSR count). The van der Waals surface area contributed by atoms with Crippen LogP contribution in [0.4, 0.5) is 0 Å². The first-order valence-corrected chi connectivity index (χ1v) is 11.2. The highest BCUT2D eigenvalue weighted by Crippen LogP contribution is 2.29. The van der Waals surface area contributed by atoms with Crippen molar-refractivity contribution < 1.29 is 9.21 Å². The number of carbonyl (C=O) groups excluding carboxylic acids is 1. The Bertz CT molecular complexity index is 950. The molecule has 1 aliphatic carbocycles. The number of carbonyl (C=O) groups is 1. The molecule has 5 nitrogen and oxygen atoms in total. The quantitative estimate of drug-likeness (QED) is 0.632. The first-order chi connectivity index (χ1) is 15.3. The van der Waals surface area contributed by atoms with E-state index in [9.17, 15) is 4.79 Å². The predicted molar refractivity (Wildman–Crippen MR) is 121 cm³/mol. The third kappa shape index (κ3) is 4.89. The van der Waals surface area contributed by atoms with E-state index < -0.39 is 0 Å². The molecule has 0 atom stereocenters. The van der Waals surface area contributed by atoms with Gasteiger partial charge in [0.2, 0.25) is 0 Å². The first kappa shape index (κ1) is 20.0. The largest absolute Gasteiger partial charge is 0.455 e. The van der Waals surface area contributed by atoms with Crippen molar-refractivity contribution in [2.24, 2.45) is 0 Å². The Balaban J connectivity index is 1.22. The van der Waals surface area contributed by atoms with Crippen LogP contribution in [0, 0.1) is 0 Å². The van der Waals surface area contributed by atoms with Crippen LogP contribution in [0.2, 0.25) is 0 Å². The lowest BCUT2D eigenvalue weighted by molar-refractivity contribution is 0.0901. The van der Waals surface area contributed by atoms with Crippen molar-refractivity contribution in [2.75, 3.05) is 26.2 Å². The van der Waals surface area contributed by atoms with Crippen LogP contribution in [0.3, 0.4) is 0 Å². The number of nitrogens with zero attached hydrogens (tertiary/aromatic N) is 2. The Hall–Kier alpha value is -2.89. The second-order valence-electron chi connectivity index (χ2n) is 8.55. The molecule has 1 amide bonds. The van der Waals surface area contributed by atoms with Crippen LogP contribution in [0.25, 0.3) is 0 Å². The average molecular weight is 416 g/mol. The van der Waals surface area contributed by atoms with E-state index in [0.717, 1.165) is 51.3 Å². The maximum Gasteiger partial charge on any atom is 0.287 e. The van der Waals surface area contributed by atoms with Crippen LogP contribution in [0.1, 0.15) is 46.3 Å². The standard InChI is InChI=1S/C26H29N3O2/c30-26(27-22-11-12-22)24-14-13-23(31-24)19-28-15-17-29(18-16-28)25(20-7-3-1-4-8-20)21-9-5-2-6-10-21/h1-10,13-14,22,25H,11-12,15-19H2,(H,27,30). The summed E-state index contributed by atoms with van der Waals surface area (Å²) in [7, 11) is 0. The van der Waals surface area contributed by atoms with E-state index in [2.05, 4.69) is 75.8 Å². The van der Waals surface area contributed by atoms with Crippen LogP contribution in [0.15, 0.2) is 77.2 Å². The molecule has 31 heavy (non-hydrogen) atoms. The molecule has 1 N–H and O–H groups in total. The van der Waals surface area contributed by atoms with Gasteiger partial charge in [-0.1, -0.05) is 60.7 Å². The highest BCUT2D eigenvalue weighted by molar-refractivity contribution is 5.91. The molecule has 160 valence electrons. The van der Waals surface area contributed by atoms with Gasteiger partial charge < -0.3 is 9.73 Å². The van der Waals surface area contributed by atoms with Crippen molar-refractivity contribution in [3.05, 3.63) is 95.4 Å². The van der Waals surface area contributed by atoms with E-state index in [1.165, 1.54) is 11.1 Å². The molecule has 2 heterocycles. The zero-order valence-electron chi connectivity index (χ0n) is 17.7.